The van der Waals surface area contributed by atoms with Crippen molar-refractivity contribution in [2.24, 2.45) is 4.99 Å². The average molecular weight is 716 g/mol. The number of aromatic hydroxyl groups is 1. The highest BCUT2D eigenvalue weighted by molar-refractivity contribution is 8.13. The third-order valence-corrected chi connectivity index (χ3v) is 7.71. The molecule has 0 aliphatic carbocycles. The summed E-state index contributed by atoms with van der Waals surface area (Å²) in [5.74, 6) is -2.25. The minimum absolute atomic E-state index is 0.118. The van der Waals surface area contributed by atoms with Crippen molar-refractivity contribution in [1.29, 1.82) is 5.26 Å². The van der Waals surface area contributed by atoms with Crippen LogP contribution < -0.4 is 14.8 Å². The van der Waals surface area contributed by atoms with Gasteiger partial charge in [0.25, 0.3) is 0 Å². The largest absolute Gasteiger partial charge is 0.508 e. The predicted molar refractivity (Wildman–Crippen MR) is 179 cm³/mol. The lowest BCUT2D eigenvalue weighted by Gasteiger charge is -2.44. The number of phenols is 1. The van der Waals surface area contributed by atoms with Gasteiger partial charge < -0.3 is 38.3 Å². The Bertz CT molecular complexity index is 1580. The Labute approximate surface area is 294 Å². The SMILES string of the molecule is CSC(=NCCCOc1ccc(Cc2c(C)cc(O)cc2O[C@@H]2O[C@H](COC(C)=O)[C@@H](OC(C)=O)[C@H](OC(C)=O)[C@H]2OC(C)=O)cc1)NC#N. The van der Waals surface area contributed by atoms with Gasteiger partial charge in [-0.1, -0.05) is 23.9 Å². The summed E-state index contributed by atoms with van der Waals surface area (Å²) in [7, 11) is 0. The number of aryl methyl sites for hydroxylation is 1. The van der Waals surface area contributed by atoms with Gasteiger partial charge in [-0.25, -0.2) is 0 Å². The van der Waals surface area contributed by atoms with Crippen molar-refractivity contribution in [2.75, 3.05) is 26.0 Å². The van der Waals surface area contributed by atoms with Crippen LogP contribution in [-0.2, 0) is 49.3 Å². The second-order valence-corrected chi connectivity index (χ2v) is 11.9. The van der Waals surface area contributed by atoms with Gasteiger partial charge in [0, 0.05) is 58.7 Å². The van der Waals surface area contributed by atoms with E-state index in [-0.39, 0.29) is 11.5 Å². The van der Waals surface area contributed by atoms with Crippen molar-refractivity contribution in [3.05, 3.63) is 53.1 Å². The number of nitriles is 1. The van der Waals surface area contributed by atoms with Crippen molar-refractivity contribution in [3.8, 4) is 23.4 Å². The van der Waals surface area contributed by atoms with Gasteiger partial charge >= 0.3 is 23.9 Å². The molecule has 0 bridgehead atoms. The summed E-state index contributed by atoms with van der Waals surface area (Å²) in [6.07, 6.45) is -2.22. The van der Waals surface area contributed by atoms with Crippen LogP contribution in [0.15, 0.2) is 41.4 Å². The number of thioether (sulfide) groups is 1. The Balaban J connectivity index is 1.87. The lowest BCUT2D eigenvalue weighted by molar-refractivity contribution is -0.288. The van der Waals surface area contributed by atoms with E-state index in [1.807, 2.05) is 36.7 Å². The van der Waals surface area contributed by atoms with E-state index in [9.17, 15) is 24.3 Å². The number of carbonyl (C=O) groups is 4. The molecule has 0 saturated carbocycles. The van der Waals surface area contributed by atoms with Crippen molar-refractivity contribution in [2.45, 2.75) is 78.2 Å². The summed E-state index contributed by atoms with van der Waals surface area (Å²) in [5.41, 5.74) is 2.19. The second kappa shape index (κ2) is 19.2. The molecule has 1 fully saturated rings. The van der Waals surface area contributed by atoms with Gasteiger partial charge in [0.05, 0.1) is 6.61 Å². The van der Waals surface area contributed by atoms with Gasteiger partial charge in [0.2, 0.25) is 12.4 Å². The Hall–Kier alpha value is -5.01. The Morgan fingerprint density at radius 2 is 1.60 bits per heavy atom. The lowest BCUT2D eigenvalue weighted by Crippen LogP contribution is -2.63. The zero-order valence-corrected chi connectivity index (χ0v) is 29.4. The van der Waals surface area contributed by atoms with Crippen LogP contribution in [0.5, 0.6) is 17.2 Å². The number of ether oxygens (including phenoxy) is 7. The van der Waals surface area contributed by atoms with Crippen molar-refractivity contribution in [3.63, 3.8) is 0 Å². The molecule has 16 heteroatoms. The molecule has 2 aromatic carbocycles. The molecule has 5 atom stereocenters. The number of aliphatic imine (C=N–C) groups is 1. The van der Waals surface area contributed by atoms with Gasteiger partial charge in [-0.2, -0.15) is 5.26 Å². The fraction of sp³-hybridized carbons (Fsp3) is 0.471. The van der Waals surface area contributed by atoms with Crippen LogP contribution in [0.2, 0.25) is 0 Å². The maximum absolute atomic E-state index is 12.3. The molecule has 3 rings (SSSR count). The zero-order valence-electron chi connectivity index (χ0n) is 28.6. The number of amidine groups is 1. The van der Waals surface area contributed by atoms with Crippen LogP contribution in [0.1, 0.15) is 50.8 Å². The smallest absolute Gasteiger partial charge is 0.303 e. The normalized spacial score (nSPS) is 20.1. The fourth-order valence-electron chi connectivity index (χ4n) is 5.05. The monoisotopic (exact) mass is 715 g/mol. The van der Waals surface area contributed by atoms with Gasteiger partial charge in [-0.15, -0.1) is 0 Å². The molecule has 0 amide bonds. The Morgan fingerprint density at radius 1 is 0.960 bits per heavy atom. The summed E-state index contributed by atoms with van der Waals surface area (Å²) >= 11 is 1.35. The molecule has 0 spiro atoms. The predicted octanol–water partition coefficient (Wildman–Crippen LogP) is 3.31. The third-order valence-electron chi connectivity index (χ3n) is 7.10. The number of phenolic OH excluding ortho intramolecular Hbond substituents is 1. The van der Waals surface area contributed by atoms with E-state index in [0.29, 0.717) is 48.0 Å². The first-order chi connectivity index (χ1) is 23.8. The number of benzene rings is 2. The third kappa shape index (κ3) is 12.1. The average Bonchev–Trinajstić information content (AvgIpc) is 3.03. The van der Waals surface area contributed by atoms with E-state index < -0.39 is 61.2 Å². The molecule has 1 heterocycles. The van der Waals surface area contributed by atoms with E-state index in [1.165, 1.54) is 24.8 Å². The lowest BCUT2D eigenvalue weighted by atomic mass is 9.97. The molecule has 15 nitrogen and oxygen atoms in total. The molecule has 1 saturated heterocycles. The molecule has 1 aliphatic rings. The number of carbonyl (C=O) groups excluding carboxylic acids is 4. The molecule has 50 heavy (non-hydrogen) atoms. The Morgan fingerprint density at radius 3 is 2.20 bits per heavy atom. The van der Waals surface area contributed by atoms with Crippen molar-refractivity contribution >= 4 is 40.8 Å². The van der Waals surface area contributed by atoms with E-state index in [2.05, 4.69) is 10.3 Å². The summed E-state index contributed by atoms with van der Waals surface area (Å²) in [6.45, 7) is 6.85. The van der Waals surface area contributed by atoms with Crippen LogP contribution >= 0.6 is 11.8 Å². The minimum Gasteiger partial charge on any atom is -0.508 e. The molecule has 0 unspecified atom stereocenters. The van der Waals surface area contributed by atoms with Gasteiger partial charge in [-0.3, -0.25) is 29.5 Å². The molecular weight excluding hydrogens is 674 g/mol. The van der Waals surface area contributed by atoms with Gasteiger partial charge in [0.1, 0.15) is 30.0 Å². The summed E-state index contributed by atoms with van der Waals surface area (Å²) < 4.78 is 39.8. The minimum atomic E-state index is -1.47. The van der Waals surface area contributed by atoms with E-state index >= 15 is 0 Å². The van der Waals surface area contributed by atoms with E-state index in [4.69, 9.17) is 38.4 Å². The van der Waals surface area contributed by atoms with Crippen LogP contribution in [0.4, 0.5) is 0 Å². The summed E-state index contributed by atoms with van der Waals surface area (Å²) in [4.78, 5) is 52.5. The second-order valence-electron chi connectivity index (χ2n) is 11.1. The molecule has 0 aromatic heterocycles. The van der Waals surface area contributed by atoms with E-state index in [0.717, 1.165) is 26.3 Å². The van der Waals surface area contributed by atoms with Crippen LogP contribution in [0.3, 0.4) is 0 Å². The fourth-order valence-corrected chi connectivity index (χ4v) is 5.42. The van der Waals surface area contributed by atoms with Gasteiger partial charge in [0.15, 0.2) is 23.6 Å². The highest BCUT2D eigenvalue weighted by atomic mass is 32.2. The number of nitrogens with one attached hydrogen (secondary N) is 1. The zero-order chi connectivity index (χ0) is 36.8. The first-order valence-corrected chi connectivity index (χ1v) is 16.8. The van der Waals surface area contributed by atoms with Crippen molar-refractivity contribution < 1.29 is 57.4 Å². The quantitative estimate of drug-likeness (QED) is 0.0548. The van der Waals surface area contributed by atoms with Crippen LogP contribution in [0.25, 0.3) is 0 Å². The van der Waals surface area contributed by atoms with Crippen LogP contribution in [-0.4, -0.2) is 90.9 Å². The molecule has 2 aromatic rings. The van der Waals surface area contributed by atoms with Crippen LogP contribution in [0, 0.1) is 18.4 Å². The van der Waals surface area contributed by atoms with Crippen molar-refractivity contribution in [1.82, 2.24) is 5.32 Å². The standard InChI is InChI=1S/C34H41N3O12S/c1-19-14-25(42)16-28(27(19)15-24-8-10-26(11-9-24)43-13-7-12-36-34(50-6)37-18-35)48-33-32(47-23(5)41)31(46-22(4)40)30(45-21(3)39)29(49-33)17-44-20(2)38/h8-11,14,16,29-33,42H,7,12-13,15,17H2,1-6H3,(H,36,37)/t29-,30-,31+,32-,33-/m1/s1. The van der Waals surface area contributed by atoms with Gasteiger partial charge in [-0.05, 0) is 42.5 Å². The highest BCUT2D eigenvalue weighted by Gasteiger charge is 2.53. The Kier molecular flexibility index (Phi) is 15.2. The topological polar surface area (TPSA) is 201 Å². The molecule has 1 aliphatic heterocycles. The molecular formula is C34H41N3O12S. The number of hydrogen-bond acceptors (Lipinski definition) is 15. The number of esters is 4. The number of rotatable bonds is 14. The molecule has 270 valence electrons. The number of hydrogen-bond donors (Lipinski definition) is 2. The maximum atomic E-state index is 12.3. The summed E-state index contributed by atoms with van der Waals surface area (Å²) in [5, 5.41) is 22.3. The maximum Gasteiger partial charge on any atom is 0.303 e. The molecule has 2 N–H and O–H groups in total. The first kappa shape index (κ1) is 39.4. The summed E-state index contributed by atoms with van der Waals surface area (Å²) in [6, 6.07) is 10.3. The highest BCUT2D eigenvalue weighted by Crippen LogP contribution is 2.35. The first-order valence-electron chi connectivity index (χ1n) is 15.6. The molecule has 0 radical (unpaired) electrons. The van der Waals surface area contributed by atoms with E-state index in [1.54, 1.807) is 13.0 Å². The number of nitrogens with zero attached hydrogens (tertiary/aromatic N) is 2.